The minimum absolute atomic E-state index is 0.149. The highest BCUT2D eigenvalue weighted by Gasteiger charge is 2.23. The Kier molecular flexibility index (Phi) is 3.05. The van der Waals surface area contributed by atoms with Crippen molar-refractivity contribution in [1.82, 2.24) is 10.1 Å². The molecule has 0 radical (unpaired) electrons. The summed E-state index contributed by atoms with van der Waals surface area (Å²) >= 11 is 3.23. The molecule has 0 amide bonds. The maximum Gasteiger partial charge on any atom is 0.258 e. The standard InChI is InChI=1S/C12H11BrN2O3/c13-9-2-1-7(5-10(9)16)12-14-11(15-18-12)8-3-4-17-6-8/h1-2,5,8,16H,3-4,6H2. The van der Waals surface area contributed by atoms with Crippen LogP contribution in [0.15, 0.2) is 27.2 Å². The first kappa shape index (κ1) is 11.7. The van der Waals surface area contributed by atoms with Gasteiger partial charge in [0.2, 0.25) is 0 Å². The molecule has 1 unspecified atom stereocenters. The molecular weight excluding hydrogens is 300 g/mol. The molecule has 2 heterocycles. The lowest BCUT2D eigenvalue weighted by molar-refractivity contribution is 0.192. The van der Waals surface area contributed by atoms with Gasteiger partial charge in [0.25, 0.3) is 5.89 Å². The summed E-state index contributed by atoms with van der Waals surface area (Å²) in [5, 5.41) is 13.6. The van der Waals surface area contributed by atoms with E-state index in [1.165, 1.54) is 0 Å². The van der Waals surface area contributed by atoms with E-state index in [1.807, 2.05) is 6.07 Å². The van der Waals surface area contributed by atoms with E-state index in [2.05, 4.69) is 26.1 Å². The van der Waals surface area contributed by atoms with Gasteiger partial charge in [-0.1, -0.05) is 5.16 Å². The number of ether oxygens (including phenoxy) is 1. The summed E-state index contributed by atoms with van der Waals surface area (Å²) in [4.78, 5) is 4.35. The Morgan fingerprint density at radius 3 is 3.00 bits per heavy atom. The van der Waals surface area contributed by atoms with Crippen LogP contribution in [0.3, 0.4) is 0 Å². The number of rotatable bonds is 2. The number of nitrogens with zero attached hydrogens (tertiary/aromatic N) is 2. The summed E-state index contributed by atoms with van der Waals surface area (Å²) < 4.78 is 11.1. The van der Waals surface area contributed by atoms with Gasteiger partial charge >= 0.3 is 0 Å². The maximum atomic E-state index is 9.62. The van der Waals surface area contributed by atoms with Gasteiger partial charge in [-0.15, -0.1) is 0 Å². The lowest BCUT2D eigenvalue weighted by Gasteiger charge is -1.99. The van der Waals surface area contributed by atoms with Crippen molar-refractivity contribution in [2.45, 2.75) is 12.3 Å². The summed E-state index contributed by atoms with van der Waals surface area (Å²) in [6, 6.07) is 5.14. The topological polar surface area (TPSA) is 68.4 Å². The van der Waals surface area contributed by atoms with Gasteiger partial charge < -0.3 is 14.4 Å². The van der Waals surface area contributed by atoms with Gasteiger partial charge in [0.15, 0.2) is 5.82 Å². The van der Waals surface area contributed by atoms with Crippen molar-refractivity contribution in [3.8, 4) is 17.2 Å². The van der Waals surface area contributed by atoms with Crippen molar-refractivity contribution in [3.63, 3.8) is 0 Å². The number of aromatic hydroxyl groups is 1. The number of halogens is 1. The van der Waals surface area contributed by atoms with Crippen molar-refractivity contribution < 1.29 is 14.4 Å². The molecule has 0 bridgehead atoms. The van der Waals surface area contributed by atoms with Crippen LogP contribution < -0.4 is 0 Å². The zero-order chi connectivity index (χ0) is 12.5. The molecule has 94 valence electrons. The summed E-state index contributed by atoms with van der Waals surface area (Å²) in [6.45, 7) is 1.39. The van der Waals surface area contributed by atoms with Gasteiger partial charge in [-0.05, 0) is 40.5 Å². The minimum atomic E-state index is 0.149. The molecule has 1 saturated heterocycles. The molecule has 1 N–H and O–H groups in total. The molecule has 1 aromatic heterocycles. The van der Waals surface area contributed by atoms with E-state index in [4.69, 9.17) is 9.26 Å². The average molecular weight is 311 g/mol. The minimum Gasteiger partial charge on any atom is -0.507 e. The number of phenols is 1. The van der Waals surface area contributed by atoms with Crippen LogP contribution in [0.1, 0.15) is 18.2 Å². The van der Waals surface area contributed by atoms with Crippen LogP contribution in [0.25, 0.3) is 11.5 Å². The highest BCUT2D eigenvalue weighted by molar-refractivity contribution is 9.10. The van der Waals surface area contributed by atoms with Gasteiger partial charge in [-0.3, -0.25) is 0 Å². The summed E-state index contributed by atoms with van der Waals surface area (Å²) in [7, 11) is 0. The normalized spacial score (nSPS) is 19.3. The van der Waals surface area contributed by atoms with E-state index in [1.54, 1.807) is 12.1 Å². The average Bonchev–Trinajstić information content (AvgIpc) is 3.01. The third-order valence-corrected chi connectivity index (χ3v) is 3.60. The Balaban J connectivity index is 1.89. The Hall–Kier alpha value is -1.40. The fourth-order valence-corrected chi connectivity index (χ4v) is 2.15. The molecule has 1 atom stereocenters. The Morgan fingerprint density at radius 1 is 1.39 bits per heavy atom. The van der Waals surface area contributed by atoms with Gasteiger partial charge in [0, 0.05) is 18.1 Å². The van der Waals surface area contributed by atoms with E-state index in [0.29, 0.717) is 28.4 Å². The van der Waals surface area contributed by atoms with Crippen LogP contribution in [0.2, 0.25) is 0 Å². The van der Waals surface area contributed by atoms with Crippen molar-refractivity contribution in [2.24, 2.45) is 0 Å². The smallest absolute Gasteiger partial charge is 0.258 e. The highest BCUT2D eigenvalue weighted by atomic mass is 79.9. The van der Waals surface area contributed by atoms with E-state index in [9.17, 15) is 5.11 Å². The van der Waals surface area contributed by atoms with Crippen molar-refractivity contribution in [3.05, 3.63) is 28.5 Å². The fraction of sp³-hybridized carbons (Fsp3) is 0.333. The van der Waals surface area contributed by atoms with Crippen LogP contribution in [-0.4, -0.2) is 28.5 Å². The van der Waals surface area contributed by atoms with E-state index in [-0.39, 0.29) is 11.7 Å². The largest absolute Gasteiger partial charge is 0.507 e. The second-order valence-corrected chi connectivity index (χ2v) is 5.04. The van der Waals surface area contributed by atoms with E-state index >= 15 is 0 Å². The molecule has 1 fully saturated rings. The highest BCUT2D eigenvalue weighted by Crippen LogP contribution is 2.30. The first-order valence-electron chi connectivity index (χ1n) is 5.64. The van der Waals surface area contributed by atoms with Gasteiger partial charge in [0.1, 0.15) is 5.75 Å². The molecule has 6 heteroatoms. The lowest BCUT2D eigenvalue weighted by atomic mass is 10.1. The molecule has 5 nitrogen and oxygen atoms in total. The van der Waals surface area contributed by atoms with Crippen LogP contribution >= 0.6 is 15.9 Å². The number of hydrogen-bond donors (Lipinski definition) is 1. The third kappa shape index (κ3) is 2.13. The molecule has 2 aromatic rings. The second kappa shape index (κ2) is 4.70. The van der Waals surface area contributed by atoms with Gasteiger partial charge in [0.05, 0.1) is 11.1 Å². The van der Waals surface area contributed by atoms with Gasteiger partial charge in [-0.2, -0.15) is 4.98 Å². The SMILES string of the molecule is Oc1cc(-c2nc(C3CCOC3)no2)ccc1Br. The molecule has 1 aromatic carbocycles. The Morgan fingerprint density at radius 2 is 2.28 bits per heavy atom. The van der Waals surface area contributed by atoms with Crippen molar-refractivity contribution >= 4 is 15.9 Å². The van der Waals surface area contributed by atoms with Crippen LogP contribution in [-0.2, 0) is 4.74 Å². The third-order valence-electron chi connectivity index (χ3n) is 2.93. The van der Waals surface area contributed by atoms with Gasteiger partial charge in [-0.25, -0.2) is 0 Å². The maximum absolute atomic E-state index is 9.62. The molecule has 3 rings (SSSR count). The lowest BCUT2D eigenvalue weighted by Crippen LogP contribution is -1.99. The zero-order valence-electron chi connectivity index (χ0n) is 9.47. The Bertz CT molecular complexity index is 564. The molecule has 0 spiro atoms. The van der Waals surface area contributed by atoms with Crippen molar-refractivity contribution in [1.29, 1.82) is 0 Å². The number of phenolic OH excluding ortho intramolecular Hbond substituents is 1. The second-order valence-electron chi connectivity index (χ2n) is 4.18. The van der Waals surface area contributed by atoms with Crippen molar-refractivity contribution in [2.75, 3.05) is 13.2 Å². The quantitative estimate of drug-likeness (QED) is 0.923. The predicted molar refractivity (Wildman–Crippen MR) is 67.3 cm³/mol. The van der Waals surface area contributed by atoms with Crippen LogP contribution in [0.4, 0.5) is 0 Å². The molecule has 0 saturated carbocycles. The molecular formula is C12H11BrN2O3. The summed E-state index contributed by atoms with van der Waals surface area (Å²) in [5.74, 6) is 1.45. The van der Waals surface area contributed by atoms with E-state index in [0.717, 1.165) is 13.0 Å². The summed E-state index contributed by atoms with van der Waals surface area (Å²) in [6.07, 6.45) is 0.921. The number of hydrogen-bond acceptors (Lipinski definition) is 5. The molecule has 18 heavy (non-hydrogen) atoms. The van der Waals surface area contributed by atoms with Crippen LogP contribution in [0, 0.1) is 0 Å². The molecule has 1 aliphatic rings. The molecule has 0 aliphatic carbocycles. The Labute approximate surface area is 112 Å². The summed E-state index contributed by atoms with van der Waals surface area (Å²) in [5.41, 5.74) is 0.702. The predicted octanol–water partition coefficient (Wildman–Crippen LogP) is 2.71. The first-order chi connectivity index (χ1) is 8.74. The number of aromatic nitrogens is 2. The van der Waals surface area contributed by atoms with Crippen LogP contribution in [0.5, 0.6) is 5.75 Å². The fourth-order valence-electron chi connectivity index (χ4n) is 1.90. The van der Waals surface area contributed by atoms with E-state index < -0.39 is 0 Å². The first-order valence-corrected chi connectivity index (χ1v) is 6.43. The number of benzene rings is 1. The molecule has 1 aliphatic heterocycles. The zero-order valence-corrected chi connectivity index (χ0v) is 11.1. The monoisotopic (exact) mass is 310 g/mol.